The Bertz CT molecular complexity index is 1210. The lowest BCUT2D eigenvalue weighted by Gasteiger charge is -2.34. The maximum absolute atomic E-state index is 5.54. The molecule has 5 heterocycles. The van der Waals surface area contributed by atoms with E-state index < -0.39 is 0 Å². The fourth-order valence-electron chi connectivity index (χ4n) is 4.15. The lowest BCUT2D eigenvalue weighted by Crippen LogP contribution is -2.49. The van der Waals surface area contributed by atoms with Gasteiger partial charge in [0.1, 0.15) is 22.0 Å². The maximum Gasteiger partial charge on any atom is 0.197 e. The second-order valence-electron chi connectivity index (χ2n) is 8.09. The molecule has 10 heteroatoms. The van der Waals surface area contributed by atoms with Crippen LogP contribution in [0.2, 0.25) is 0 Å². The summed E-state index contributed by atoms with van der Waals surface area (Å²) in [7, 11) is 1.64. The molecule has 1 aliphatic rings. The van der Waals surface area contributed by atoms with Crippen LogP contribution >= 0.6 is 11.3 Å². The SMILES string of the molecule is COc1cc(-c2[nH]nc(-c3ncc(N4CCNC[C@H]4C)s3)c2C(C)C)cn2ncnc12. The number of hydrogen-bond acceptors (Lipinski definition) is 8. The van der Waals surface area contributed by atoms with Gasteiger partial charge in [0, 0.05) is 43.0 Å². The molecule has 4 aromatic rings. The minimum Gasteiger partial charge on any atom is -0.493 e. The average molecular weight is 439 g/mol. The van der Waals surface area contributed by atoms with Crippen molar-refractivity contribution in [3.05, 3.63) is 30.4 Å². The van der Waals surface area contributed by atoms with Crippen LogP contribution in [0.4, 0.5) is 5.00 Å². The maximum atomic E-state index is 5.54. The van der Waals surface area contributed by atoms with E-state index in [2.05, 4.69) is 46.2 Å². The van der Waals surface area contributed by atoms with E-state index in [9.17, 15) is 0 Å². The van der Waals surface area contributed by atoms with Crippen LogP contribution in [-0.2, 0) is 0 Å². The largest absolute Gasteiger partial charge is 0.493 e. The van der Waals surface area contributed by atoms with Gasteiger partial charge in [-0.05, 0) is 18.9 Å². The minimum atomic E-state index is 0.256. The van der Waals surface area contributed by atoms with Crippen molar-refractivity contribution in [3.8, 4) is 27.7 Å². The molecular formula is C21H26N8OS. The van der Waals surface area contributed by atoms with Gasteiger partial charge in [0.2, 0.25) is 0 Å². The van der Waals surface area contributed by atoms with E-state index in [0.717, 1.165) is 47.2 Å². The van der Waals surface area contributed by atoms with Gasteiger partial charge < -0.3 is 15.0 Å². The first kappa shape index (κ1) is 20.0. The average Bonchev–Trinajstić information content (AvgIpc) is 3.51. The third-order valence-corrected chi connectivity index (χ3v) is 6.75. The number of ether oxygens (including phenoxy) is 1. The highest BCUT2D eigenvalue weighted by Crippen LogP contribution is 2.40. The number of nitrogens with zero attached hydrogens (tertiary/aromatic N) is 6. The van der Waals surface area contributed by atoms with E-state index in [1.165, 1.54) is 11.3 Å². The van der Waals surface area contributed by atoms with E-state index in [0.29, 0.717) is 17.4 Å². The molecule has 0 saturated carbocycles. The summed E-state index contributed by atoms with van der Waals surface area (Å²) in [6.07, 6.45) is 5.45. The predicted octanol–water partition coefficient (Wildman–Crippen LogP) is 3.17. The molecule has 5 rings (SSSR count). The molecule has 162 valence electrons. The van der Waals surface area contributed by atoms with Gasteiger partial charge in [-0.1, -0.05) is 25.2 Å². The van der Waals surface area contributed by atoms with E-state index in [1.54, 1.807) is 23.0 Å². The minimum absolute atomic E-state index is 0.256. The molecule has 1 atom stereocenters. The van der Waals surface area contributed by atoms with Gasteiger partial charge in [-0.2, -0.15) is 10.2 Å². The van der Waals surface area contributed by atoms with Crippen LogP contribution in [0.5, 0.6) is 5.75 Å². The Morgan fingerprint density at radius 2 is 2.16 bits per heavy atom. The first-order valence-electron chi connectivity index (χ1n) is 10.5. The Balaban J connectivity index is 1.57. The van der Waals surface area contributed by atoms with Gasteiger partial charge in [-0.15, -0.1) is 0 Å². The summed E-state index contributed by atoms with van der Waals surface area (Å²) in [5, 5.41) is 17.8. The van der Waals surface area contributed by atoms with Crippen LogP contribution in [0.15, 0.2) is 24.8 Å². The van der Waals surface area contributed by atoms with Crippen molar-refractivity contribution in [2.24, 2.45) is 0 Å². The monoisotopic (exact) mass is 438 g/mol. The molecule has 0 bridgehead atoms. The molecule has 0 unspecified atom stereocenters. The Morgan fingerprint density at radius 1 is 1.29 bits per heavy atom. The standard InChI is InChI=1S/C21H26N8OS/c1-12(2)17-18(14-7-15(30-4)20-24-11-25-29(20)10-14)26-27-19(17)21-23-9-16(31-21)28-6-5-22-8-13(28)3/h7,9-13,22H,5-6,8H2,1-4H3,(H,26,27)/t13-/m1/s1. The third-order valence-electron chi connectivity index (χ3n) is 5.71. The van der Waals surface area contributed by atoms with E-state index in [-0.39, 0.29) is 5.92 Å². The van der Waals surface area contributed by atoms with Crippen LogP contribution in [0.1, 0.15) is 32.3 Å². The highest BCUT2D eigenvalue weighted by molar-refractivity contribution is 7.18. The second-order valence-corrected chi connectivity index (χ2v) is 9.10. The smallest absolute Gasteiger partial charge is 0.197 e. The molecule has 2 N–H and O–H groups in total. The molecule has 1 fully saturated rings. The molecule has 9 nitrogen and oxygen atoms in total. The summed E-state index contributed by atoms with van der Waals surface area (Å²) in [5.74, 6) is 0.928. The molecule has 0 aromatic carbocycles. The van der Waals surface area contributed by atoms with Crippen LogP contribution in [0.25, 0.3) is 27.6 Å². The molecule has 4 aromatic heterocycles. The van der Waals surface area contributed by atoms with Crippen molar-refractivity contribution >= 4 is 22.0 Å². The molecule has 0 aliphatic carbocycles. The number of hydrogen-bond donors (Lipinski definition) is 2. The van der Waals surface area contributed by atoms with Crippen molar-refractivity contribution in [2.45, 2.75) is 32.7 Å². The van der Waals surface area contributed by atoms with Crippen LogP contribution in [-0.4, -0.2) is 62.6 Å². The quantitative estimate of drug-likeness (QED) is 0.494. The van der Waals surface area contributed by atoms with Gasteiger partial charge >= 0.3 is 0 Å². The number of piperazine rings is 1. The number of nitrogens with one attached hydrogen (secondary N) is 2. The highest BCUT2D eigenvalue weighted by Gasteiger charge is 2.25. The Kier molecular flexibility index (Phi) is 5.11. The summed E-state index contributed by atoms with van der Waals surface area (Å²) < 4.78 is 7.27. The Labute approximate surface area is 184 Å². The Morgan fingerprint density at radius 3 is 2.94 bits per heavy atom. The summed E-state index contributed by atoms with van der Waals surface area (Å²) in [5.41, 5.74) is 4.63. The number of pyridine rings is 1. The van der Waals surface area contributed by atoms with Crippen molar-refractivity contribution in [1.29, 1.82) is 0 Å². The molecule has 1 saturated heterocycles. The number of aromatic amines is 1. The van der Waals surface area contributed by atoms with Crippen molar-refractivity contribution in [2.75, 3.05) is 31.6 Å². The van der Waals surface area contributed by atoms with Crippen molar-refractivity contribution in [3.63, 3.8) is 0 Å². The number of aromatic nitrogens is 6. The van der Waals surface area contributed by atoms with E-state index in [1.807, 2.05) is 18.5 Å². The van der Waals surface area contributed by atoms with Gasteiger partial charge in [-0.25, -0.2) is 14.5 Å². The predicted molar refractivity (Wildman–Crippen MR) is 122 cm³/mol. The number of thiazole rings is 1. The number of H-pyrrole nitrogens is 1. The van der Waals surface area contributed by atoms with Crippen molar-refractivity contribution in [1.82, 2.24) is 35.1 Å². The number of anilines is 1. The molecule has 1 aliphatic heterocycles. The molecule has 31 heavy (non-hydrogen) atoms. The molecular weight excluding hydrogens is 412 g/mol. The van der Waals surface area contributed by atoms with E-state index >= 15 is 0 Å². The number of methoxy groups -OCH3 is 1. The zero-order chi connectivity index (χ0) is 21.5. The second kappa shape index (κ2) is 7.93. The van der Waals surface area contributed by atoms with Crippen LogP contribution in [0.3, 0.4) is 0 Å². The first-order valence-corrected chi connectivity index (χ1v) is 11.3. The molecule has 0 amide bonds. The zero-order valence-electron chi connectivity index (χ0n) is 18.1. The molecule has 0 spiro atoms. The first-order chi connectivity index (χ1) is 15.1. The summed E-state index contributed by atoms with van der Waals surface area (Å²) in [4.78, 5) is 11.4. The highest BCUT2D eigenvalue weighted by atomic mass is 32.1. The zero-order valence-corrected chi connectivity index (χ0v) is 18.9. The topological polar surface area (TPSA) is 96.3 Å². The van der Waals surface area contributed by atoms with Crippen LogP contribution < -0.4 is 15.0 Å². The third kappa shape index (κ3) is 3.45. The van der Waals surface area contributed by atoms with Gasteiger partial charge in [0.25, 0.3) is 0 Å². The summed E-state index contributed by atoms with van der Waals surface area (Å²) >= 11 is 1.70. The van der Waals surface area contributed by atoms with Gasteiger partial charge in [0.05, 0.1) is 19.0 Å². The summed E-state index contributed by atoms with van der Waals surface area (Å²) in [6.45, 7) is 9.57. The normalized spacial score (nSPS) is 17.1. The number of fused-ring (bicyclic) bond motifs is 1. The fourth-order valence-corrected chi connectivity index (χ4v) is 5.20. The van der Waals surface area contributed by atoms with Crippen LogP contribution in [0, 0.1) is 0 Å². The van der Waals surface area contributed by atoms with Crippen molar-refractivity contribution < 1.29 is 4.74 Å². The fraction of sp³-hybridized carbons (Fsp3) is 0.429. The molecule has 0 radical (unpaired) electrons. The lowest BCUT2D eigenvalue weighted by molar-refractivity contribution is 0.416. The summed E-state index contributed by atoms with van der Waals surface area (Å²) in [6, 6.07) is 2.42. The van der Waals surface area contributed by atoms with Gasteiger partial charge in [-0.3, -0.25) is 5.10 Å². The van der Waals surface area contributed by atoms with Gasteiger partial charge in [0.15, 0.2) is 11.4 Å². The Hall–Kier alpha value is -2.98. The van der Waals surface area contributed by atoms with E-state index in [4.69, 9.17) is 14.8 Å². The lowest BCUT2D eigenvalue weighted by atomic mass is 9.97. The number of rotatable bonds is 5.